The first kappa shape index (κ1) is 22.3. The summed E-state index contributed by atoms with van der Waals surface area (Å²) in [6.07, 6.45) is -1.61. The first-order valence-corrected chi connectivity index (χ1v) is 7.81. The molecule has 0 unspecified atom stereocenters. The van der Waals surface area contributed by atoms with E-state index in [1.165, 1.54) is 0 Å². The third-order valence-electron chi connectivity index (χ3n) is 2.36. The van der Waals surface area contributed by atoms with Crippen LogP contribution in [0, 0.1) is 6.92 Å². The zero-order chi connectivity index (χ0) is 16.6. The monoisotopic (exact) mass is 392 g/mol. The molecule has 0 bridgehead atoms. The van der Waals surface area contributed by atoms with Gasteiger partial charge in [0.1, 0.15) is 10.6 Å². The van der Waals surface area contributed by atoms with Crippen LogP contribution in [-0.4, -0.2) is 23.8 Å². The maximum Gasteiger partial charge on any atom is 1.00 e. The van der Waals surface area contributed by atoms with Gasteiger partial charge in [-0.15, -0.1) is 3.89 Å². The van der Waals surface area contributed by atoms with Gasteiger partial charge >= 0.3 is 79.1 Å². The van der Waals surface area contributed by atoms with Crippen molar-refractivity contribution < 1.29 is 93.1 Å². The van der Waals surface area contributed by atoms with Gasteiger partial charge in [-0.05, 0) is 18.6 Å². The summed E-state index contributed by atoms with van der Waals surface area (Å²) >= 11 is 0. The maximum absolute atomic E-state index is 12.9. The molecule has 1 rings (SSSR count). The third kappa shape index (κ3) is 7.23. The van der Waals surface area contributed by atoms with Crippen molar-refractivity contribution in [2.45, 2.75) is 18.1 Å². The van der Waals surface area contributed by atoms with Crippen LogP contribution in [0.2, 0.25) is 0 Å². The average Bonchev–Trinajstić information content (AvgIpc) is 2.18. The van der Waals surface area contributed by atoms with Crippen LogP contribution < -0.4 is 55.6 Å². The molecule has 1 aromatic carbocycles. The number of rotatable bonds is 5. The van der Waals surface area contributed by atoms with E-state index < -0.39 is 55.8 Å². The molecular weight excluding hydrogens is 385 g/mol. The van der Waals surface area contributed by atoms with E-state index in [1.54, 1.807) is 0 Å². The number of hydrogen-bond acceptors (Lipinski definition) is 5. The van der Waals surface area contributed by atoms with Gasteiger partial charge in [0.25, 0.3) is 0 Å². The standard InChI is InChI=1S/C8H7BF5O5S2.K/c1-5-6(4-9(10,11)12)2-7(20(13,15)16)3-8(5)19-21(14,17)18;/h2-3H,4H2,1H3;/q-1;+1. The minimum Gasteiger partial charge on any atom is -0.449 e. The molecule has 14 heteroatoms. The second kappa shape index (κ2) is 7.44. The molecule has 5 nitrogen and oxygen atoms in total. The van der Waals surface area contributed by atoms with Crippen LogP contribution in [-0.2, 0) is 27.0 Å². The van der Waals surface area contributed by atoms with E-state index in [0.717, 1.165) is 6.92 Å². The smallest absolute Gasteiger partial charge is 0.449 e. The van der Waals surface area contributed by atoms with Crippen molar-refractivity contribution in [1.29, 1.82) is 0 Å². The Kier molecular flexibility index (Phi) is 7.53. The Morgan fingerprint density at radius 3 is 1.95 bits per heavy atom. The van der Waals surface area contributed by atoms with E-state index in [0.29, 0.717) is 6.07 Å². The fourth-order valence-electron chi connectivity index (χ4n) is 1.51. The quantitative estimate of drug-likeness (QED) is 0.372. The molecular formula is C8H7BF5KO5S2. The molecule has 0 spiro atoms. The first-order chi connectivity index (χ1) is 9.19. The van der Waals surface area contributed by atoms with Crippen LogP contribution in [0.5, 0.6) is 5.75 Å². The van der Waals surface area contributed by atoms with Gasteiger partial charge in [-0.25, -0.2) is 0 Å². The molecule has 0 saturated heterocycles. The molecule has 120 valence electrons. The van der Waals surface area contributed by atoms with Gasteiger partial charge in [0.15, 0.2) is 0 Å². The Labute approximate surface area is 166 Å². The molecule has 0 radical (unpaired) electrons. The van der Waals surface area contributed by atoms with Crippen molar-refractivity contribution in [1.82, 2.24) is 0 Å². The van der Waals surface area contributed by atoms with E-state index in [2.05, 4.69) is 4.18 Å². The Bertz CT molecular complexity index is 762. The van der Waals surface area contributed by atoms with E-state index >= 15 is 0 Å². The molecule has 0 aliphatic rings. The number of hydrogen-bond donors (Lipinski definition) is 0. The summed E-state index contributed by atoms with van der Waals surface area (Å²) in [6, 6.07) is 0.673. The zero-order valence-corrected chi connectivity index (χ0v) is 15.9. The number of benzene rings is 1. The van der Waals surface area contributed by atoms with Gasteiger partial charge in [-0.3, -0.25) is 0 Å². The van der Waals surface area contributed by atoms with Gasteiger partial charge in [-0.2, -0.15) is 16.8 Å². The fourth-order valence-corrected chi connectivity index (χ4v) is 2.43. The van der Waals surface area contributed by atoms with E-state index in [1.807, 2.05) is 0 Å². The van der Waals surface area contributed by atoms with Crippen molar-refractivity contribution >= 4 is 27.7 Å². The van der Waals surface area contributed by atoms with Crippen molar-refractivity contribution in [3.05, 3.63) is 23.3 Å². The van der Waals surface area contributed by atoms with Crippen molar-refractivity contribution in [2.75, 3.05) is 0 Å². The second-order valence-electron chi connectivity index (χ2n) is 4.03. The van der Waals surface area contributed by atoms with Gasteiger partial charge in [0.2, 0.25) is 0 Å². The molecule has 0 amide bonds. The number of halogens is 5. The molecule has 0 atom stereocenters. The Morgan fingerprint density at radius 2 is 1.59 bits per heavy atom. The van der Waals surface area contributed by atoms with Crippen LogP contribution in [0.3, 0.4) is 0 Å². The Balaban J connectivity index is 0.00000441. The molecule has 0 fully saturated rings. The summed E-state index contributed by atoms with van der Waals surface area (Å²) in [5, 5.41) is 0. The predicted octanol–water partition coefficient (Wildman–Crippen LogP) is -0.821. The van der Waals surface area contributed by atoms with Crippen molar-refractivity contribution in [2.24, 2.45) is 0 Å². The third-order valence-corrected chi connectivity index (χ3v) is 3.54. The largest absolute Gasteiger partial charge is 1.00 e. The van der Waals surface area contributed by atoms with Crippen LogP contribution in [0.4, 0.5) is 20.7 Å². The zero-order valence-electron chi connectivity index (χ0n) is 11.2. The van der Waals surface area contributed by atoms with E-state index in [-0.39, 0.29) is 57.5 Å². The minimum atomic E-state index is -5.62. The summed E-state index contributed by atoms with van der Waals surface area (Å²) in [5.41, 5.74) is -1.21. The summed E-state index contributed by atoms with van der Waals surface area (Å²) < 4.78 is 108. The van der Waals surface area contributed by atoms with Gasteiger partial charge in [0, 0.05) is 6.07 Å². The summed E-state index contributed by atoms with van der Waals surface area (Å²) in [6.45, 7) is -4.47. The van der Waals surface area contributed by atoms with Crippen molar-refractivity contribution in [3.8, 4) is 5.75 Å². The predicted molar refractivity (Wildman–Crippen MR) is 62.9 cm³/mol. The Morgan fingerprint density at radius 1 is 1.09 bits per heavy atom. The average molecular weight is 392 g/mol. The molecule has 1 aromatic rings. The second-order valence-corrected chi connectivity index (χ2v) is 6.33. The molecule has 22 heavy (non-hydrogen) atoms. The topological polar surface area (TPSA) is 77.5 Å². The van der Waals surface area contributed by atoms with Crippen LogP contribution in [0.25, 0.3) is 0 Å². The van der Waals surface area contributed by atoms with Crippen LogP contribution in [0.1, 0.15) is 11.1 Å². The van der Waals surface area contributed by atoms with Crippen LogP contribution >= 0.6 is 0 Å². The molecule has 0 heterocycles. The SMILES string of the molecule is Cc1c(C[B-](F)(F)F)cc(S(=O)(=O)F)cc1OS(=O)(=O)F.[K+]. The van der Waals surface area contributed by atoms with E-state index in [9.17, 15) is 37.6 Å². The molecule has 0 N–H and O–H groups in total. The van der Waals surface area contributed by atoms with Gasteiger partial charge in [0.05, 0.1) is 0 Å². The van der Waals surface area contributed by atoms with E-state index in [4.69, 9.17) is 0 Å². The van der Waals surface area contributed by atoms with Crippen LogP contribution in [0.15, 0.2) is 17.0 Å². The molecule has 0 aliphatic carbocycles. The van der Waals surface area contributed by atoms with Gasteiger partial charge < -0.3 is 17.1 Å². The minimum absolute atomic E-state index is 0. The normalized spacial score (nSPS) is 12.6. The maximum atomic E-state index is 12.9. The van der Waals surface area contributed by atoms with Crippen molar-refractivity contribution in [3.63, 3.8) is 0 Å². The molecule has 0 saturated carbocycles. The summed E-state index contributed by atoms with van der Waals surface area (Å²) in [5.74, 6) is -1.04. The summed E-state index contributed by atoms with van der Waals surface area (Å²) in [7, 11) is -11.0. The Hall–Kier alpha value is 0.271. The molecule has 0 aliphatic heterocycles. The van der Waals surface area contributed by atoms with Gasteiger partial charge in [-0.1, -0.05) is 15.8 Å². The molecule has 0 aromatic heterocycles. The summed E-state index contributed by atoms with van der Waals surface area (Å²) in [4.78, 5) is -1.26. The fraction of sp³-hybridized carbons (Fsp3) is 0.250. The first-order valence-electron chi connectivity index (χ1n) is 5.12.